The number of carbonyl (C=O) groups is 2. The molecule has 1 aromatic carbocycles. The molecule has 5 nitrogen and oxygen atoms in total. The van der Waals surface area contributed by atoms with E-state index < -0.39 is 5.97 Å². The van der Waals surface area contributed by atoms with Crippen molar-refractivity contribution in [2.45, 2.75) is 26.2 Å². The van der Waals surface area contributed by atoms with Crippen LogP contribution in [0.15, 0.2) is 24.3 Å². The maximum Gasteiger partial charge on any atom is 0.305 e. The van der Waals surface area contributed by atoms with E-state index in [1.54, 1.807) is 7.05 Å². The SMILES string of the molecule is CCOc1ccc(CCC(=O)N(C)CCC(=O)O)cc1. The summed E-state index contributed by atoms with van der Waals surface area (Å²) in [4.78, 5) is 23.7. The second kappa shape index (κ2) is 8.19. The number of aryl methyl sites for hydroxylation is 1. The van der Waals surface area contributed by atoms with Crippen LogP contribution in [0, 0.1) is 0 Å². The fourth-order valence-corrected chi connectivity index (χ4v) is 1.75. The van der Waals surface area contributed by atoms with Gasteiger partial charge < -0.3 is 14.7 Å². The number of aliphatic carboxylic acids is 1. The molecule has 1 aromatic rings. The molecule has 0 heterocycles. The zero-order valence-corrected chi connectivity index (χ0v) is 12.0. The maximum absolute atomic E-state index is 11.8. The Labute approximate surface area is 119 Å². The normalized spacial score (nSPS) is 10.1. The van der Waals surface area contributed by atoms with Gasteiger partial charge in [-0.15, -0.1) is 0 Å². The molecule has 0 unspecified atom stereocenters. The van der Waals surface area contributed by atoms with Gasteiger partial charge in [0.1, 0.15) is 5.75 Å². The summed E-state index contributed by atoms with van der Waals surface area (Å²) in [7, 11) is 1.63. The van der Waals surface area contributed by atoms with E-state index in [2.05, 4.69) is 0 Å². The van der Waals surface area contributed by atoms with Crippen molar-refractivity contribution in [1.82, 2.24) is 4.90 Å². The molecule has 0 bridgehead atoms. The lowest BCUT2D eigenvalue weighted by atomic mass is 10.1. The minimum atomic E-state index is -0.892. The largest absolute Gasteiger partial charge is 0.494 e. The van der Waals surface area contributed by atoms with Gasteiger partial charge in [-0.25, -0.2) is 0 Å². The van der Waals surface area contributed by atoms with Crippen molar-refractivity contribution in [2.24, 2.45) is 0 Å². The molecule has 1 rings (SSSR count). The smallest absolute Gasteiger partial charge is 0.305 e. The highest BCUT2D eigenvalue weighted by atomic mass is 16.5. The van der Waals surface area contributed by atoms with E-state index in [1.165, 1.54) is 4.90 Å². The van der Waals surface area contributed by atoms with Crippen LogP contribution in [0.1, 0.15) is 25.3 Å². The van der Waals surface area contributed by atoms with E-state index >= 15 is 0 Å². The van der Waals surface area contributed by atoms with E-state index in [9.17, 15) is 9.59 Å². The molecule has 0 aliphatic carbocycles. The summed E-state index contributed by atoms with van der Waals surface area (Å²) in [5.74, 6) is -0.113. The molecule has 0 aliphatic heterocycles. The number of carboxylic acids is 1. The Hall–Kier alpha value is -2.04. The highest BCUT2D eigenvalue weighted by molar-refractivity contribution is 5.77. The number of benzene rings is 1. The Bertz CT molecular complexity index is 442. The molecule has 5 heteroatoms. The molecular formula is C15H21NO4. The van der Waals surface area contributed by atoms with Crippen LogP contribution in [-0.2, 0) is 16.0 Å². The highest BCUT2D eigenvalue weighted by Gasteiger charge is 2.10. The average Bonchev–Trinajstić information content (AvgIpc) is 2.44. The van der Waals surface area contributed by atoms with Crippen LogP contribution in [0.25, 0.3) is 0 Å². The van der Waals surface area contributed by atoms with Crippen LogP contribution in [-0.4, -0.2) is 42.1 Å². The molecule has 1 N–H and O–H groups in total. The molecule has 0 aromatic heterocycles. The first-order valence-electron chi connectivity index (χ1n) is 6.70. The van der Waals surface area contributed by atoms with Gasteiger partial charge in [0.15, 0.2) is 0 Å². The number of ether oxygens (including phenoxy) is 1. The van der Waals surface area contributed by atoms with E-state index in [4.69, 9.17) is 9.84 Å². The molecule has 0 aliphatic rings. The van der Waals surface area contributed by atoms with Gasteiger partial charge >= 0.3 is 5.97 Å². The van der Waals surface area contributed by atoms with Gasteiger partial charge in [-0.3, -0.25) is 9.59 Å². The van der Waals surface area contributed by atoms with Crippen molar-refractivity contribution in [2.75, 3.05) is 20.2 Å². The minimum Gasteiger partial charge on any atom is -0.494 e. The predicted molar refractivity (Wildman–Crippen MR) is 75.8 cm³/mol. The molecule has 0 saturated heterocycles. The Balaban J connectivity index is 2.38. The summed E-state index contributed by atoms with van der Waals surface area (Å²) in [6.45, 7) is 2.81. The van der Waals surface area contributed by atoms with Gasteiger partial charge in [0.05, 0.1) is 13.0 Å². The summed E-state index contributed by atoms with van der Waals surface area (Å²) in [5, 5.41) is 8.57. The lowest BCUT2D eigenvalue weighted by Crippen LogP contribution is -2.29. The number of carbonyl (C=O) groups excluding carboxylic acids is 1. The van der Waals surface area contributed by atoms with E-state index in [1.807, 2.05) is 31.2 Å². The van der Waals surface area contributed by atoms with Crippen molar-refractivity contribution in [1.29, 1.82) is 0 Å². The fourth-order valence-electron chi connectivity index (χ4n) is 1.75. The third-order valence-corrected chi connectivity index (χ3v) is 2.95. The van der Waals surface area contributed by atoms with Crippen molar-refractivity contribution >= 4 is 11.9 Å². The van der Waals surface area contributed by atoms with Gasteiger partial charge in [0, 0.05) is 20.0 Å². The number of amides is 1. The van der Waals surface area contributed by atoms with Crippen LogP contribution >= 0.6 is 0 Å². The Morgan fingerprint density at radius 1 is 1.20 bits per heavy atom. The molecule has 110 valence electrons. The Morgan fingerprint density at radius 2 is 1.85 bits per heavy atom. The number of nitrogens with zero attached hydrogens (tertiary/aromatic N) is 1. The summed E-state index contributed by atoms with van der Waals surface area (Å²) in [6, 6.07) is 7.65. The van der Waals surface area contributed by atoms with Gasteiger partial charge in [0.25, 0.3) is 0 Å². The molecule has 0 atom stereocenters. The third-order valence-electron chi connectivity index (χ3n) is 2.95. The maximum atomic E-state index is 11.8. The molecule has 1 amide bonds. The Kier molecular flexibility index (Phi) is 6.56. The van der Waals surface area contributed by atoms with E-state index in [-0.39, 0.29) is 18.9 Å². The quantitative estimate of drug-likeness (QED) is 0.790. The van der Waals surface area contributed by atoms with Crippen molar-refractivity contribution in [3.8, 4) is 5.75 Å². The summed E-state index contributed by atoms with van der Waals surface area (Å²) in [5.41, 5.74) is 1.06. The zero-order chi connectivity index (χ0) is 15.0. The van der Waals surface area contributed by atoms with Crippen molar-refractivity contribution in [3.05, 3.63) is 29.8 Å². The summed E-state index contributed by atoms with van der Waals surface area (Å²) < 4.78 is 5.35. The van der Waals surface area contributed by atoms with Gasteiger partial charge in [-0.05, 0) is 31.0 Å². The first-order valence-corrected chi connectivity index (χ1v) is 6.70. The standard InChI is InChI=1S/C15H21NO4/c1-3-20-13-7-4-12(5-8-13)6-9-14(17)16(2)11-10-15(18)19/h4-5,7-8H,3,6,9-11H2,1-2H3,(H,18,19). The topological polar surface area (TPSA) is 66.8 Å². The lowest BCUT2D eigenvalue weighted by molar-refractivity contribution is -0.138. The second-order valence-corrected chi connectivity index (χ2v) is 4.54. The van der Waals surface area contributed by atoms with Gasteiger partial charge in [-0.2, -0.15) is 0 Å². The molecular weight excluding hydrogens is 258 g/mol. The van der Waals surface area contributed by atoms with Gasteiger partial charge in [0.2, 0.25) is 5.91 Å². The van der Waals surface area contributed by atoms with Crippen LogP contribution < -0.4 is 4.74 Å². The average molecular weight is 279 g/mol. The highest BCUT2D eigenvalue weighted by Crippen LogP contribution is 2.13. The fraction of sp³-hybridized carbons (Fsp3) is 0.467. The molecule has 0 saturated carbocycles. The summed E-state index contributed by atoms with van der Waals surface area (Å²) >= 11 is 0. The third kappa shape index (κ3) is 5.73. The Morgan fingerprint density at radius 3 is 2.40 bits per heavy atom. The number of hydrogen-bond donors (Lipinski definition) is 1. The van der Waals surface area contributed by atoms with Crippen LogP contribution in [0.3, 0.4) is 0 Å². The van der Waals surface area contributed by atoms with Crippen molar-refractivity contribution < 1.29 is 19.4 Å². The van der Waals surface area contributed by atoms with Crippen LogP contribution in [0.5, 0.6) is 5.75 Å². The lowest BCUT2D eigenvalue weighted by Gasteiger charge is -2.15. The minimum absolute atomic E-state index is 0.0225. The molecule has 0 spiro atoms. The number of rotatable bonds is 8. The molecule has 20 heavy (non-hydrogen) atoms. The van der Waals surface area contributed by atoms with Crippen LogP contribution in [0.4, 0.5) is 0 Å². The monoisotopic (exact) mass is 279 g/mol. The second-order valence-electron chi connectivity index (χ2n) is 4.54. The number of hydrogen-bond acceptors (Lipinski definition) is 3. The van der Waals surface area contributed by atoms with E-state index in [0.29, 0.717) is 19.4 Å². The van der Waals surface area contributed by atoms with E-state index in [0.717, 1.165) is 11.3 Å². The predicted octanol–water partition coefficient (Wildman–Crippen LogP) is 1.95. The van der Waals surface area contributed by atoms with Crippen molar-refractivity contribution in [3.63, 3.8) is 0 Å². The molecule has 0 radical (unpaired) electrons. The zero-order valence-electron chi connectivity index (χ0n) is 12.0. The number of carboxylic acid groups (broad SMARTS) is 1. The first-order chi connectivity index (χ1) is 9.52. The molecule has 0 fully saturated rings. The summed E-state index contributed by atoms with van der Waals surface area (Å²) in [6.07, 6.45) is 0.998. The first kappa shape index (κ1) is 16.0. The van der Waals surface area contributed by atoms with Gasteiger partial charge in [-0.1, -0.05) is 12.1 Å². The van der Waals surface area contributed by atoms with Crippen LogP contribution in [0.2, 0.25) is 0 Å².